The van der Waals surface area contributed by atoms with Gasteiger partial charge in [-0.2, -0.15) is 0 Å². The number of aldehydes is 1. The smallest absolute Gasteiger partial charge is 0.255 e. The minimum absolute atomic E-state index is 0.216. The number of phenols is 1. The largest absolute Gasteiger partial charge is 0.510 e. The second-order valence-corrected chi connectivity index (χ2v) is 10.3. The fourth-order valence-electron chi connectivity index (χ4n) is 6.22. The van der Waals surface area contributed by atoms with E-state index in [-0.39, 0.29) is 16.7 Å². The molecule has 0 aliphatic heterocycles. The van der Waals surface area contributed by atoms with E-state index in [9.17, 15) is 44.7 Å². The average Bonchev–Trinajstić information content (AvgIpc) is 2.90. The quantitative estimate of drug-likeness (QED) is 0.237. The molecule has 11 nitrogen and oxygen atoms in total. The molecule has 0 aromatic heterocycles. The van der Waals surface area contributed by atoms with Crippen LogP contribution in [0.2, 0.25) is 0 Å². The van der Waals surface area contributed by atoms with E-state index in [2.05, 4.69) is 0 Å². The highest BCUT2D eigenvalue weighted by Gasteiger charge is 2.67. The summed E-state index contributed by atoms with van der Waals surface area (Å²) in [5.74, 6) is -9.18. The van der Waals surface area contributed by atoms with Crippen molar-refractivity contribution in [2.24, 2.45) is 17.6 Å². The molecule has 0 saturated heterocycles. The van der Waals surface area contributed by atoms with Gasteiger partial charge < -0.3 is 31.3 Å². The van der Waals surface area contributed by atoms with Crippen molar-refractivity contribution in [2.45, 2.75) is 17.7 Å². The Bertz CT molecular complexity index is 1600. The molecule has 3 aliphatic rings. The first-order chi connectivity index (χ1) is 18.9. The van der Waals surface area contributed by atoms with Crippen molar-refractivity contribution >= 4 is 35.4 Å². The topological polar surface area (TPSA) is 199 Å². The van der Waals surface area contributed by atoms with Crippen molar-refractivity contribution in [1.29, 1.82) is 0 Å². The Morgan fingerprint density at radius 1 is 1.05 bits per heavy atom. The lowest BCUT2D eigenvalue weighted by molar-refractivity contribution is -0.159. The number of carbonyl (C=O) groups excluding carboxylic acids is 4. The van der Waals surface area contributed by atoms with Crippen molar-refractivity contribution in [3.63, 3.8) is 0 Å². The van der Waals surface area contributed by atoms with Gasteiger partial charge in [0.15, 0.2) is 11.4 Å². The zero-order valence-electron chi connectivity index (χ0n) is 21.4. The Kier molecular flexibility index (Phi) is 6.25. The maximum absolute atomic E-state index is 13.8. The van der Waals surface area contributed by atoms with Gasteiger partial charge in [0, 0.05) is 11.5 Å². The Labute approximate surface area is 227 Å². The second kappa shape index (κ2) is 9.26. The Morgan fingerprint density at radius 3 is 2.33 bits per heavy atom. The van der Waals surface area contributed by atoms with Gasteiger partial charge in [0.1, 0.15) is 29.1 Å². The predicted molar refractivity (Wildman–Crippen MR) is 141 cm³/mol. The van der Waals surface area contributed by atoms with Gasteiger partial charge in [-0.15, -0.1) is 0 Å². The summed E-state index contributed by atoms with van der Waals surface area (Å²) in [4.78, 5) is 52.2. The number of aromatic hydroxyl groups is 1. The minimum atomic E-state index is -3.02. The lowest BCUT2D eigenvalue weighted by Crippen LogP contribution is -2.68. The summed E-state index contributed by atoms with van der Waals surface area (Å²) in [6.45, 7) is 0. The van der Waals surface area contributed by atoms with E-state index in [1.165, 1.54) is 37.2 Å². The van der Waals surface area contributed by atoms with Gasteiger partial charge in [0.2, 0.25) is 5.78 Å². The number of primary amides is 1. The number of hydrogen-bond donors (Lipinski definition) is 6. The number of benzene rings is 2. The van der Waals surface area contributed by atoms with Crippen LogP contribution in [0.5, 0.6) is 5.75 Å². The predicted octanol–water partition coefficient (Wildman–Crippen LogP) is 0.902. The highest BCUT2D eigenvalue weighted by Crippen LogP contribution is 2.55. The molecule has 0 radical (unpaired) electrons. The van der Waals surface area contributed by atoms with E-state index in [4.69, 9.17) is 5.73 Å². The first-order valence-corrected chi connectivity index (χ1v) is 12.3. The molecule has 2 aromatic carbocycles. The molecule has 0 spiro atoms. The number of likely N-dealkylation sites (N-methyl/N-ethyl adjacent to an activating group) is 1. The summed E-state index contributed by atoms with van der Waals surface area (Å²) in [6.07, 6.45) is 0.409. The van der Waals surface area contributed by atoms with Gasteiger partial charge in [-0.25, -0.2) is 0 Å². The number of rotatable bonds is 4. The van der Waals surface area contributed by atoms with Crippen LogP contribution in [0.25, 0.3) is 11.6 Å². The van der Waals surface area contributed by atoms with E-state index < -0.39 is 75.5 Å². The van der Waals surface area contributed by atoms with Crippen LogP contribution >= 0.6 is 0 Å². The van der Waals surface area contributed by atoms with Crippen LogP contribution in [-0.4, -0.2) is 86.0 Å². The summed E-state index contributed by atoms with van der Waals surface area (Å²) in [7, 11) is 2.92. The van der Waals surface area contributed by atoms with Crippen LogP contribution < -0.4 is 5.73 Å². The molecule has 5 rings (SSSR count). The Morgan fingerprint density at radius 2 is 1.70 bits per heavy atom. The Hall–Kier alpha value is -4.58. The fraction of sp³-hybridized carbons (Fsp3) is 0.241. The number of aliphatic hydroxyl groups is 4. The number of aliphatic hydroxyl groups excluding tert-OH is 3. The van der Waals surface area contributed by atoms with Gasteiger partial charge in [-0.1, -0.05) is 36.4 Å². The maximum atomic E-state index is 13.8. The first kappa shape index (κ1) is 27.0. The summed E-state index contributed by atoms with van der Waals surface area (Å²) in [5, 5.41) is 56.8. The molecule has 3 aliphatic carbocycles. The molecule has 206 valence electrons. The van der Waals surface area contributed by atoms with Gasteiger partial charge >= 0.3 is 0 Å². The third-order valence-electron chi connectivity index (χ3n) is 7.90. The van der Waals surface area contributed by atoms with Crippen LogP contribution in [0.1, 0.15) is 31.8 Å². The van der Waals surface area contributed by atoms with Crippen molar-refractivity contribution in [3.8, 4) is 5.75 Å². The molecule has 2 aromatic rings. The SMILES string of the molecule is CN(C)[C@@H]1C(O)=C(C(N)=O)C(=O)[C@@]2(O)C(O)=C3C(=O)c4c(O)cccc4/C(=C\c4cccc(C=O)c4)[C@H]3[C@H](O)[C@@H]12. The molecule has 0 bridgehead atoms. The third kappa shape index (κ3) is 3.55. The van der Waals surface area contributed by atoms with Crippen molar-refractivity contribution in [1.82, 2.24) is 4.90 Å². The van der Waals surface area contributed by atoms with E-state index in [0.29, 0.717) is 17.4 Å². The number of hydrogen-bond acceptors (Lipinski definition) is 10. The number of nitrogens with zero attached hydrogens (tertiary/aromatic N) is 1. The molecule has 0 unspecified atom stereocenters. The molecule has 5 atom stereocenters. The minimum Gasteiger partial charge on any atom is -0.510 e. The summed E-state index contributed by atoms with van der Waals surface area (Å²) in [6, 6.07) is 9.28. The van der Waals surface area contributed by atoms with Crippen LogP contribution in [-0.2, 0) is 9.59 Å². The number of ketones is 2. The number of carbonyl (C=O) groups is 4. The number of phenolic OH excluding ortho intramolecular Hbond substituents is 1. The lowest BCUT2D eigenvalue weighted by Gasteiger charge is -2.52. The molecule has 7 N–H and O–H groups in total. The molecule has 1 amide bonds. The second-order valence-electron chi connectivity index (χ2n) is 10.3. The van der Waals surface area contributed by atoms with E-state index >= 15 is 0 Å². The highest BCUT2D eigenvalue weighted by molar-refractivity contribution is 6.25. The van der Waals surface area contributed by atoms with E-state index in [1.807, 2.05) is 0 Å². The van der Waals surface area contributed by atoms with E-state index in [0.717, 1.165) is 0 Å². The van der Waals surface area contributed by atoms with Gasteiger partial charge in [0.25, 0.3) is 5.91 Å². The van der Waals surface area contributed by atoms with Crippen LogP contribution in [0.3, 0.4) is 0 Å². The molecular formula is C29H26N2O9. The maximum Gasteiger partial charge on any atom is 0.255 e. The number of amides is 1. The average molecular weight is 547 g/mol. The molecule has 11 heteroatoms. The van der Waals surface area contributed by atoms with E-state index in [1.54, 1.807) is 30.3 Å². The summed E-state index contributed by atoms with van der Waals surface area (Å²) in [5.41, 5.74) is 1.83. The highest BCUT2D eigenvalue weighted by atomic mass is 16.4. The molecule has 0 fully saturated rings. The van der Waals surface area contributed by atoms with Crippen LogP contribution in [0.4, 0.5) is 0 Å². The summed E-state index contributed by atoms with van der Waals surface area (Å²) >= 11 is 0. The number of fused-ring (bicyclic) bond motifs is 3. The zero-order valence-corrected chi connectivity index (χ0v) is 21.4. The Balaban J connectivity index is 1.87. The zero-order chi connectivity index (χ0) is 29.3. The van der Waals surface area contributed by atoms with Gasteiger partial charge in [-0.05, 0) is 42.9 Å². The normalized spacial score (nSPS) is 28.9. The van der Waals surface area contributed by atoms with Crippen LogP contribution in [0, 0.1) is 11.8 Å². The monoisotopic (exact) mass is 546 g/mol. The standard InChI is InChI=1S/C29H26N2O9/c1-31(2)22-21-24(35)18-15(10-12-5-3-6-13(9-12)11-32)14-7-4-8-16(33)17(14)23(34)19(18)26(37)29(21,40)27(38)20(25(22)36)28(30)39/h3-11,18,21-22,24,33,35-37,40H,1-2H3,(H2,30,39)/b15-10+/t18-,21-,22+,24+,29+/m1/s1. The summed E-state index contributed by atoms with van der Waals surface area (Å²) < 4.78 is 0. The lowest BCUT2D eigenvalue weighted by atomic mass is 9.56. The molecule has 0 saturated carbocycles. The van der Waals surface area contributed by atoms with Gasteiger partial charge in [0.05, 0.1) is 29.2 Å². The molecule has 40 heavy (non-hydrogen) atoms. The molecular weight excluding hydrogens is 520 g/mol. The number of nitrogens with two attached hydrogens (primary N) is 1. The molecule has 0 heterocycles. The fourth-order valence-corrected chi connectivity index (χ4v) is 6.22. The first-order valence-electron chi connectivity index (χ1n) is 12.3. The van der Waals surface area contributed by atoms with Gasteiger partial charge in [-0.3, -0.25) is 24.1 Å². The number of Topliss-reactive ketones (excluding diaryl/α,β-unsaturated/α-hetero) is 2. The van der Waals surface area contributed by atoms with Crippen molar-refractivity contribution in [2.75, 3.05) is 14.1 Å². The van der Waals surface area contributed by atoms with Crippen LogP contribution in [0.15, 0.2) is 65.1 Å². The van der Waals surface area contributed by atoms with Crippen molar-refractivity contribution in [3.05, 3.63) is 87.4 Å². The van der Waals surface area contributed by atoms with Crippen molar-refractivity contribution < 1.29 is 44.7 Å². The third-order valence-corrected chi connectivity index (χ3v) is 7.90.